The van der Waals surface area contributed by atoms with E-state index in [1.165, 1.54) is 16.2 Å². The molecule has 5 rings (SSSR count). The highest BCUT2D eigenvalue weighted by Crippen LogP contribution is 2.37. The van der Waals surface area contributed by atoms with Crippen LogP contribution < -0.4 is 4.74 Å². The highest BCUT2D eigenvalue weighted by atomic mass is 16.5. The van der Waals surface area contributed by atoms with Crippen molar-refractivity contribution in [3.8, 4) is 5.75 Å². The van der Waals surface area contributed by atoms with E-state index in [1.807, 2.05) is 24.3 Å². The highest BCUT2D eigenvalue weighted by Gasteiger charge is 2.16. The van der Waals surface area contributed by atoms with E-state index in [0.29, 0.717) is 11.3 Å². The Balaban J connectivity index is 1.89. The van der Waals surface area contributed by atoms with Crippen LogP contribution in [-0.4, -0.2) is 5.78 Å². The molecule has 4 aromatic rings. The van der Waals surface area contributed by atoms with Crippen molar-refractivity contribution >= 4 is 38.1 Å². The van der Waals surface area contributed by atoms with Crippen molar-refractivity contribution in [2.24, 2.45) is 0 Å². The van der Waals surface area contributed by atoms with Gasteiger partial charge in [-0.05, 0) is 63.3 Å². The third-order valence-corrected chi connectivity index (χ3v) is 4.72. The zero-order chi connectivity index (χ0) is 16.8. The SMILES string of the molecule is O=C1C=CC=COc2c1ccc1c2ccc2cc3ccccc3cc21. The van der Waals surface area contributed by atoms with E-state index < -0.39 is 0 Å². The molecule has 0 spiro atoms. The molecule has 0 aromatic heterocycles. The van der Waals surface area contributed by atoms with Gasteiger partial charge in [0, 0.05) is 5.39 Å². The van der Waals surface area contributed by atoms with Crippen molar-refractivity contribution < 1.29 is 9.53 Å². The van der Waals surface area contributed by atoms with E-state index >= 15 is 0 Å². The second-order valence-electron chi connectivity index (χ2n) is 6.19. The Morgan fingerprint density at radius 2 is 1.48 bits per heavy atom. The number of allylic oxidation sites excluding steroid dienone is 3. The lowest BCUT2D eigenvalue weighted by Crippen LogP contribution is -2.01. The number of carbonyl (C=O) groups is 1. The van der Waals surface area contributed by atoms with Crippen LogP contribution in [0.4, 0.5) is 0 Å². The van der Waals surface area contributed by atoms with Crippen LogP contribution in [0.25, 0.3) is 32.3 Å². The van der Waals surface area contributed by atoms with Gasteiger partial charge in [0.25, 0.3) is 0 Å². The number of benzene rings is 4. The van der Waals surface area contributed by atoms with Gasteiger partial charge in [0.2, 0.25) is 0 Å². The largest absolute Gasteiger partial charge is 0.464 e. The Bertz CT molecular complexity index is 1230. The third kappa shape index (κ3) is 2.15. The molecule has 1 aliphatic rings. The molecule has 2 nitrogen and oxygen atoms in total. The minimum absolute atomic E-state index is 0.0418. The number of hydrogen-bond acceptors (Lipinski definition) is 2. The van der Waals surface area contributed by atoms with Crippen LogP contribution in [0.2, 0.25) is 0 Å². The summed E-state index contributed by atoms with van der Waals surface area (Å²) in [6.07, 6.45) is 6.61. The maximum absolute atomic E-state index is 12.3. The quantitative estimate of drug-likeness (QED) is 0.302. The second-order valence-corrected chi connectivity index (χ2v) is 6.19. The molecule has 0 fully saturated rings. The van der Waals surface area contributed by atoms with Gasteiger partial charge in [-0.15, -0.1) is 0 Å². The van der Waals surface area contributed by atoms with Crippen molar-refractivity contribution in [1.82, 2.24) is 0 Å². The number of ether oxygens (including phenoxy) is 1. The molecule has 0 N–H and O–H groups in total. The van der Waals surface area contributed by atoms with Crippen molar-refractivity contribution in [3.63, 3.8) is 0 Å². The first-order valence-corrected chi connectivity index (χ1v) is 8.24. The number of rotatable bonds is 0. The van der Waals surface area contributed by atoms with Crippen LogP contribution in [0, 0.1) is 0 Å². The number of ketones is 1. The summed E-state index contributed by atoms with van der Waals surface area (Å²) in [7, 11) is 0. The Morgan fingerprint density at radius 3 is 2.36 bits per heavy atom. The summed E-state index contributed by atoms with van der Waals surface area (Å²) >= 11 is 0. The molecule has 0 radical (unpaired) electrons. The summed E-state index contributed by atoms with van der Waals surface area (Å²) in [5.74, 6) is 0.581. The van der Waals surface area contributed by atoms with Crippen molar-refractivity contribution in [2.75, 3.05) is 0 Å². The molecule has 0 amide bonds. The van der Waals surface area contributed by atoms with Crippen molar-refractivity contribution in [1.29, 1.82) is 0 Å². The molecule has 0 aliphatic carbocycles. The average molecular weight is 322 g/mol. The standard InChI is InChI=1S/C23H14O2/c24-22-7-3-4-12-25-23-19-9-8-17-13-15-5-1-2-6-16(15)14-21(17)18(19)10-11-20(22)23/h1-14H. The van der Waals surface area contributed by atoms with Crippen LogP contribution in [-0.2, 0) is 0 Å². The maximum atomic E-state index is 12.3. The molecule has 2 heteroatoms. The summed E-state index contributed by atoms with van der Waals surface area (Å²) in [6, 6.07) is 20.8. The zero-order valence-electron chi connectivity index (χ0n) is 13.4. The molecule has 1 aliphatic heterocycles. The molecular formula is C23H14O2. The van der Waals surface area contributed by atoms with Gasteiger partial charge in [0.1, 0.15) is 5.75 Å². The van der Waals surface area contributed by atoms with Crippen LogP contribution >= 0.6 is 0 Å². The van der Waals surface area contributed by atoms with E-state index in [1.54, 1.807) is 24.5 Å². The number of hydrogen-bond donors (Lipinski definition) is 0. The fraction of sp³-hybridized carbons (Fsp3) is 0. The molecule has 0 saturated carbocycles. The molecule has 0 atom stereocenters. The fourth-order valence-electron chi connectivity index (χ4n) is 3.51. The summed E-state index contributed by atoms with van der Waals surface area (Å²) in [6.45, 7) is 0. The number of carbonyl (C=O) groups excluding carboxylic acids is 1. The predicted molar refractivity (Wildman–Crippen MR) is 102 cm³/mol. The van der Waals surface area contributed by atoms with Gasteiger partial charge < -0.3 is 4.74 Å². The van der Waals surface area contributed by atoms with Crippen molar-refractivity contribution in [2.45, 2.75) is 0 Å². The van der Waals surface area contributed by atoms with Gasteiger partial charge in [-0.3, -0.25) is 4.79 Å². The summed E-state index contributed by atoms with van der Waals surface area (Å²) in [5.41, 5.74) is 0.591. The predicted octanol–water partition coefficient (Wildman–Crippen LogP) is 5.79. The minimum atomic E-state index is -0.0418. The van der Waals surface area contributed by atoms with Gasteiger partial charge in [-0.1, -0.05) is 42.5 Å². The second kappa shape index (κ2) is 5.32. The molecule has 0 bridgehead atoms. The Kier molecular flexibility index (Phi) is 2.98. The average Bonchev–Trinajstić information content (AvgIpc) is 2.63. The van der Waals surface area contributed by atoms with E-state index in [9.17, 15) is 4.79 Å². The lowest BCUT2D eigenvalue weighted by molar-refractivity contribution is 0.104. The first-order valence-electron chi connectivity index (χ1n) is 8.24. The zero-order valence-corrected chi connectivity index (χ0v) is 13.4. The van der Waals surface area contributed by atoms with Gasteiger partial charge in [-0.2, -0.15) is 0 Å². The first kappa shape index (κ1) is 14.0. The molecule has 0 unspecified atom stereocenters. The van der Waals surface area contributed by atoms with Crippen LogP contribution in [0.5, 0.6) is 5.75 Å². The lowest BCUT2D eigenvalue weighted by Gasteiger charge is -2.13. The van der Waals surface area contributed by atoms with Gasteiger partial charge in [-0.25, -0.2) is 0 Å². The monoisotopic (exact) mass is 322 g/mol. The topological polar surface area (TPSA) is 26.3 Å². The van der Waals surface area contributed by atoms with E-state index in [2.05, 4.69) is 36.4 Å². The molecule has 25 heavy (non-hydrogen) atoms. The summed E-state index contributed by atoms with van der Waals surface area (Å²) in [4.78, 5) is 12.3. The highest BCUT2D eigenvalue weighted by molar-refractivity contribution is 6.17. The molecule has 1 heterocycles. The summed E-state index contributed by atoms with van der Waals surface area (Å²) < 4.78 is 5.80. The first-order chi connectivity index (χ1) is 12.3. The van der Waals surface area contributed by atoms with Gasteiger partial charge >= 0.3 is 0 Å². The Labute approximate surface area is 144 Å². The van der Waals surface area contributed by atoms with E-state index in [0.717, 1.165) is 16.2 Å². The van der Waals surface area contributed by atoms with Crippen molar-refractivity contribution in [3.05, 3.63) is 90.7 Å². The van der Waals surface area contributed by atoms with Crippen LogP contribution in [0.1, 0.15) is 10.4 Å². The normalized spacial score (nSPS) is 13.7. The Hall–Kier alpha value is -3.39. The van der Waals surface area contributed by atoms with Gasteiger partial charge in [0.15, 0.2) is 5.78 Å². The van der Waals surface area contributed by atoms with Crippen LogP contribution in [0.15, 0.2) is 85.2 Å². The lowest BCUT2D eigenvalue weighted by atomic mass is 9.95. The van der Waals surface area contributed by atoms with Crippen LogP contribution in [0.3, 0.4) is 0 Å². The molecular weight excluding hydrogens is 308 g/mol. The maximum Gasteiger partial charge on any atom is 0.189 e. The summed E-state index contributed by atoms with van der Waals surface area (Å²) in [5, 5.41) is 6.81. The molecule has 4 aromatic carbocycles. The third-order valence-electron chi connectivity index (χ3n) is 4.72. The van der Waals surface area contributed by atoms with Gasteiger partial charge in [0.05, 0.1) is 11.8 Å². The Morgan fingerprint density at radius 1 is 0.680 bits per heavy atom. The molecule has 0 saturated heterocycles. The molecule has 118 valence electrons. The smallest absolute Gasteiger partial charge is 0.189 e. The minimum Gasteiger partial charge on any atom is -0.464 e. The van der Waals surface area contributed by atoms with E-state index in [4.69, 9.17) is 4.74 Å². The number of fused-ring (bicyclic) bond motifs is 6. The van der Waals surface area contributed by atoms with E-state index in [-0.39, 0.29) is 5.78 Å². The fourth-order valence-corrected chi connectivity index (χ4v) is 3.51.